The standard InChI is InChI=1S/C24H36N6O.HI/c1-6-25-24(28(4)16-21-17-29(5)27-23(21)18(2)3)26-14-19-9-11-20(12-10-19)15-30-13-7-8-22(30)31;/h9-12,17-18H,6-8,13-16H2,1-5H3,(H,25,26);1H. The molecule has 1 fully saturated rings. The van der Waals surface area contributed by atoms with Crippen LogP contribution in [-0.2, 0) is 31.5 Å². The third-order valence-corrected chi connectivity index (χ3v) is 5.57. The maximum Gasteiger partial charge on any atom is 0.222 e. The minimum absolute atomic E-state index is 0. The van der Waals surface area contributed by atoms with Crippen LogP contribution in [0.1, 0.15) is 61.9 Å². The van der Waals surface area contributed by atoms with Gasteiger partial charge in [0.1, 0.15) is 0 Å². The number of aromatic nitrogens is 2. The van der Waals surface area contributed by atoms with Gasteiger partial charge in [-0.1, -0.05) is 38.1 Å². The molecule has 7 nitrogen and oxygen atoms in total. The molecule has 0 bridgehead atoms. The van der Waals surface area contributed by atoms with Crippen LogP contribution in [0.3, 0.4) is 0 Å². The highest BCUT2D eigenvalue weighted by molar-refractivity contribution is 14.0. The first-order valence-electron chi connectivity index (χ1n) is 11.2. The van der Waals surface area contributed by atoms with Gasteiger partial charge in [0, 0.05) is 58.5 Å². The molecule has 1 N–H and O–H groups in total. The number of likely N-dealkylation sites (tertiary alicyclic amines) is 1. The van der Waals surface area contributed by atoms with E-state index in [1.807, 2.05) is 16.6 Å². The molecule has 3 rings (SSSR count). The number of hydrogen-bond donors (Lipinski definition) is 1. The van der Waals surface area contributed by atoms with Gasteiger partial charge < -0.3 is 15.1 Å². The van der Waals surface area contributed by atoms with E-state index in [1.54, 1.807) is 0 Å². The maximum atomic E-state index is 11.8. The molecule has 2 aromatic rings. The molecule has 0 saturated carbocycles. The van der Waals surface area contributed by atoms with Crippen molar-refractivity contribution in [3.05, 3.63) is 52.8 Å². The monoisotopic (exact) mass is 552 g/mol. The summed E-state index contributed by atoms with van der Waals surface area (Å²) in [6.45, 7) is 10.2. The van der Waals surface area contributed by atoms with Crippen LogP contribution in [0.2, 0.25) is 0 Å². The summed E-state index contributed by atoms with van der Waals surface area (Å²) in [5, 5.41) is 8.01. The van der Waals surface area contributed by atoms with Crippen molar-refractivity contribution in [1.29, 1.82) is 0 Å². The number of nitrogens with zero attached hydrogens (tertiary/aromatic N) is 5. The molecular weight excluding hydrogens is 515 g/mol. The Hall–Kier alpha value is -2.10. The van der Waals surface area contributed by atoms with Gasteiger partial charge in [-0.3, -0.25) is 9.48 Å². The lowest BCUT2D eigenvalue weighted by Gasteiger charge is -2.22. The molecule has 1 aliphatic heterocycles. The first kappa shape index (κ1) is 26.2. The number of hydrogen-bond acceptors (Lipinski definition) is 3. The minimum Gasteiger partial charge on any atom is -0.357 e. The third-order valence-electron chi connectivity index (χ3n) is 5.57. The number of rotatable bonds is 8. The summed E-state index contributed by atoms with van der Waals surface area (Å²) in [7, 11) is 4.03. The second-order valence-corrected chi connectivity index (χ2v) is 8.63. The topological polar surface area (TPSA) is 65.8 Å². The van der Waals surface area contributed by atoms with Gasteiger partial charge in [0.05, 0.1) is 12.2 Å². The zero-order valence-corrected chi connectivity index (χ0v) is 22.3. The van der Waals surface area contributed by atoms with Crippen LogP contribution in [0.25, 0.3) is 0 Å². The quantitative estimate of drug-likeness (QED) is 0.307. The molecule has 8 heteroatoms. The molecule has 0 aliphatic carbocycles. The highest BCUT2D eigenvalue weighted by Crippen LogP contribution is 2.19. The number of aryl methyl sites for hydroxylation is 1. The van der Waals surface area contributed by atoms with Crippen LogP contribution in [0.15, 0.2) is 35.5 Å². The van der Waals surface area contributed by atoms with E-state index in [2.05, 4.69) is 73.6 Å². The van der Waals surface area contributed by atoms with Crippen molar-refractivity contribution >= 4 is 35.8 Å². The van der Waals surface area contributed by atoms with Crippen LogP contribution in [-0.4, -0.2) is 51.6 Å². The Morgan fingerprint density at radius 2 is 1.94 bits per heavy atom. The van der Waals surface area contributed by atoms with Crippen LogP contribution in [0, 0.1) is 0 Å². The normalized spacial score (nSPS) is 14.1. The zero-order chi connectivity index (χ0) is 22.4. The van der Waals surface area contributed by atoms with Crippen molar-refractivity contribution in [2.24, 2.45) is 12.0 Å². The molecule has 1 amide bonds. The fourth-order valence-electron chi connectivity index (χ4n) is 3.97. The average molecular weight is 553 g/mol. The van der Waals surface area contributed by atoms with Crippen molar-refractivity contribution in [2.45, 2.75) is 59.2 Å². The molecule has 32 heavy (non-hydrogen) atoms. The van der Waals surface area contributed by atoms with Crippen LogP contribution < -0.4 is 5.32 Å². The van der Waals surface area contributed by atoms with Gasteiger partial charge in [0.25, 0.3) is 0 Å². The van der Waals surface area contributed by atoms with Gasteiger partial charge in [-0.25, -0.2) is 4.99 Å². The Labute approximate surface area is 209 Å². The first-order chi connectivity index (χ1) is 14.9. The van der Waals surface area contributed by atoms with Crippen molar-refractivity contribution in [2.75, 3.05) is 20.1 Å². The number of carbonyl (C=O) groups is 1. The van der Waals surface area contributed by atoms with Gasteiger partial charge in [-0.15, -0.1) is 24.0 Å². The van der Waals surface area contributed by atoms with E-state index >= 15 is 0 Å². The van der Waals surface area contributed by atoms with Gasteiger partial charge in [-0.05, 0) is 30.4 Å². The summed E-state index contributed by atoms with van der Waals surface area (Å²) in [6.07, 6.45) is 3.76. The summed E-state index contributed by atoms with van der Waals surface area (Å²) in [4.78, 5) is 20.8. The van der Waals surface area contributed by atoms with Crippen LogP contribution in [0.4, 0.5) is 0 Å². The highest BCUT2D eigenvalue weighted by Gasteiger charge is 2.20. The molecule has 0 unspecified atom stereocenters. The lowest BCUT2D eigenvalue weighted by atomic mass is 10.1. The molecule has 176 valence electrons. The van der Waals surface area contributed by atoms with E-state index in [-0.39, 0.29) is 29.9 Å². The maximum absolute atomic E-state index is 11.8. The van der Waals surface area contributed by atoms with E-state index in [0.29, 0.717) is 25.4 Å². The average Bonchev–Trinajstić information content (AvgIpc) is 3.31. The Morgan fingerprint density at radius 3 is 2.53 bits per heavy atom. The number of carbonyl (C=O) groups excluding carboxylic acids is 1. The van der Waals surface area contributed by atoms with Crippen LogP contribution in [0.5, 0.6) is 0 Å². The van der Waals surface area contributed by atoms with Crippen molar-refractivity contribution in [3.63, 3.8) is 0 Å². The van der Waals surface area contributed by atoms with E-state index < -0.39 is 0 Å². The van der Waals surface area contributed by atoms with Gasteiger partial charge in [0.2, 0.25) is 5.91 Å². The Bertz CT molecular complexity index is 906. The molecule has 0 radical (unpaired) electrons. The summed E-state index contributed by atoms with van der Waals surface area (Å²) in [6, 6.07) is 8.44. The largest absolute Gasteiger partial charge is 0.357 e. The predicted octanol–water partition coefficient (Wildman–Crippen LogP) is 3.88. The third kappa shape index (κ3) is 6.95. The summed E-state index contributed by atoms with van der Waals surface area (Å²) in [5.41, 5.74) is 4.69. The lowest BCUT2D eigenvalue weighted by molar-refractivity contribution is -0.128. The second-order valence-electron chi connectivity index (χ2n) is 8.63. The fraction of sp³-hybridized carbons (Fsp3) is 0.542. The van der Waals surface area contributed by atoms with Crippen molar-refractivity contribution in [1.82, 2.24) is 24.9 Å². The van der Waals surface area contributed by atoms with Crippen LogP contribution >= 0.6 is 24.0 Å². The summed E-state index contributed by atoms with van der Waals surface area (Å²) < 4.78 is 1.89. The molecule has 2 heterocycles. The molecule has 0 spiro atoms. The number of amides is 1. The second kappa shape index (κ2) is 12.2. The van der Waals surface area contributed by atoms with E-state index in [1.165, 1.54) is 11.1 Å². The molecule has 1 aromatic heterocycles. The Balaban J connectivity index is 0.00000363. The fourth-order valence-corrected chi connectivity index (χ4v) is 3.97. The first-order valence-corrected chi connectivity index (χ1v) is 11.2. The minimum atomic E-state index is 0. The molecule has 1 aliphatic rings. The Morgan fingerprint density at radius 1 is 1.25 bits per heavy atom. The number of nitrogens with one attached hydrogen (secondary N) is 1. The van der Waals surface area contributed by atoms with E-state index in [4.69, 9.17) is 4.99 Å². The van der Waals surface area contributed by atoms with Gasteiger partial charge >= 0.3 is 0 Å². The van der Waals surface area contributed by atoms with Gasteiger partial charge in [0.15, 0.2) is 5.96 Å². The number of benzene rings is 1. The van der Waals surface area contributed by atoms with E-state index in [9.17, 15) is 4.79 Å². The van der Waals surface area contributed by atoms with Crippen molar-refractivity contribution < 1.29 is 4.79 Å². The molecule has 0 atom stereocenters. The lowest BCUT2D eigenvalue weighted by Crippen LogP contribution is -2.38. The number of aliphatic imine (C=N–C) groups is 1. The van der Waals surface area contributed by atoms with Crippen molar-refractivity contribution in [3.8, 4) is 0 Å². The highest BCUT2D eigenvalue weighted by atomic mass is 127. The number of guanidine groups is 1. The molecule has 1 saturated heterocycles. The Kier molecular flexibility index (Phi) is 9.99. The molecule has 1 aromatic carbocycles. The smallest absolute Gasteiger partial charge is 0.222 e. The summed E-state index contributed by atoms with van der Waals surface area (Å²) in [5.74, 6) is 1.53. The SMILES string of the molecule is CCNC(=NCc1ccc(CN2CCCC2=O)cc1)N(C)Cc1cn(C)nc1C(C)C.I. The predicted molar refractivity (Wildman–Crippen MR) is 140 cm³/mol. The zero-order valence-electron chi connectivity index (χ0n) is 20.0. The van der Waals surface area contributed by atoms with Gasteiger partial charge in [-0.2, -0.15) is 5.10 Å². The molecular formula is C24H37IN6O. The van der Waals surface area contributed by atoms with E-state index in [0.717, 1.165) is 43.3 Å². The summed E-state index contributed by atoms with van der Waals surface area (Å²) >= 11 is 0. The number of halogens is 1.